The second-order valence-electron chi connectivity index (χ2n) is 3.56. The number of rotatable bonds is 3. The van der Waals surface area contributed by atoms with Gasteiger partial charge in [-0.15, -0.1) is 11.3 Å². The lowest BCUT2D eigenvalue weighted by molar-refractivity contribution is 0.627. The highest BCUT2D eigenvalue weighted by Gasteiger charge is 2.03. The van der Waals surface area contributed by atoms with Crippen LogP contribution in [0.2, 0.25) is 5.02 Å². The van der Waals surface area contributed by atoms with E-state index in [1.54, 1.807) is 17.4 Å². The van der Waals surface area contributed by atoms with Crippen molar-refractivity contribution in [1.82, 2.24) is 0 Å². The molecule has 0 fully saturated rings. The maximum absolute atomic E-state index is 12.8. The first-order valence-electron chi connectivity index (χ1n) is 4.87. The third kappa shape index (κ3) is 2.54. The van der Waals surface area contributed by atoms with Crippen LogP contribution < -0.4 is 5.32 Å². The summed E-state index contributed by atoms with van der Waals surface area (Å²) < 4.78 is 12.8. The maximum Gasteiger partial charge on any atom is 0.124 e. The highest BCUT2D eigenvalue weighted by Crippen LogP contribution is 2.22. The number of hydrogen-bond donors (Lipinski definition) is 1. The van der Waals surface area contributed by atoms with Gasteiger partial charge in [0.05, 0.1) is 0 Å². The van der Waals surface area contributed by atoms with Crippen molar-refractivity contribution in [2.24, 2.45) is 0 Å². The van der Waals surface area contributed by atoms with E-state index in [9.17, 15) is 4.39 Å². The first-order chi connectivity index (χ1) is 7.66. The third-order valence-corrected chi connectivity index (χ3v) is 3.55. The summed E-state index contributed by atoms with van der Waals surface area (Å²) >= 11 is 7.58. The van der Waals surface area contributed by atoms with Crippen LogP contribution in [0, 0.1) is 12.7 Å². The summed E-state index contributed by atoms with van der Waals surface area (Å²) in [6.45, 7) is 2.65. The van der Waals surface area contributed by atoms with Crippen molar-refractivity contribution in [3.05, 3.63) is 50.9 Å². The zero-order chi connectivity index (χ0) is 11.5. The highest BCUT2D eigenvalue weighted by molar-refractivity contribution is 7.08. The van der Waals surface area contributed by atoms with Gasteiger partial charge in [-0.3, -0.25) is 0 Å². The van der Waals surface area contributed by atoms with Gasteiger partial charge in [0.1, 0.15) is 5.82 Å². The number of anilines is 1. The lowest BCUT2D eigenvalue weighted by Crippen LogP contribution is -2.00. The third-order valence-electron chi connectivity index (χ3n) is 2.34. The van der Waals surface area contributed by atoms with Crippen molar-refractivity contribution in [3.8, 4) is 0 Å². The standard InChI is InChI=1S/C12H11ClFNS/c1-8-6-16-7-12(8)15-5-9-2-3-10(14)4-11(9)13/h2-4,6-7,15H,5H2,1H3. The van der Waals surface area contributed by atoms with Gasteiger partial charge in [-0.2, -0.15) is 0 Å². The number of nitrogens with one attached hydrogen (secondary N) is 1. The molecule has 0 spiro atoms. The second kappa shape index (κ2) is 4.85. The Balaban J connectivity index is 2.08. The molecule has 0 radical (unpaired) electrons. The highest BCUT2D eigenvalue weighted by atomic mass is 35.5. The molecule has 0 aliphatic rings. The van der Waals surface area contributed by atoms with Gasteiger partial charge in [0.25, 0.3) is 0 Å². The fourth-order valence-corrected chi connectivity index (χ4v) is 2.44. The molecule has 1 heterocycles. The number of benzene rings is 1. The lowest BCUT2D eigenvalue weighted by atomic mass is 10.2. The molecule has 1 nitrogen and oxygen atoms in total. The number of halogens is 2. The van der Waals surface area contributed by atoms with Crippen molar-refractivity contribution in [2.45, 2.75) is 13.5 Å². The van der Waals surface area contributed by atoms with Gasteiger partial charge < -0.3 is 5.32 Å². The van der Waals surface area contributed by atoms with Crippen LogP contribution in [-0.4, -0.2) is 0 Å². The van der Waals surface area contributed by atoms with Crippen LogP contribution in [0.5, 0.6) is 0 Å². The molecule has 2 rings (SSSR count). The molecule has 0 saturated heterocycles. The molecule has 0 amide bonds. The first kappa shape index (κ1) is 11.4. The second-order valence-corrected chi connectivity index (χ2v) is 4.71. The van der Waals surface area contributed by atoms with E-state index in [0.29, 0.717) is 11.6 Å². The Hall–Kier alpha value is -1.06. The Morgan fingerprint density at radius 1 is 1.38 bits per heavy atom. The SMILES string of the molecule is Cc1cscc1NCc1ccc(F)cc1Cl. The molecule has 4 heteroatoms. The van der Waals surface area contributed by atoms with E-state index in [2.05, 4.69) is 10.7 Å². The van der Waals surface area contributed by atoms with Crippen LogP contribution in [0.15, 0.2) is 29.0 Å². The van der Waals surface area contributed by atoms with Crippen LogP contribution in [-0.2, 0) is 6.54 Å². The van der Waals surface area contributed by atoms with E-state index in [1.165, 1.54) is 17.7 Å². The van der Waals surface area contributed by atoms with Gasteiger partial charge in [-0.1, -0.05) is 17.7 Å². The molecule has 0 aliphatic carbocycles. The van der Waals surface area contributed by atoms with E-state index in [1.807, 2.05) is 12.3 Å². The fraction of sp³-hybridized carbons (Fsp3) is 0.167. The summed E-state index contributed by atoms with van der Waals surface area (Å²) in [4.78, 5) is 0. The van der Waals surface area contributed by atoms with Gasteiger partial charge in [0, 0.05) is 22.6 Å². The van der Waals surface area contributed by atoms with E-state index >= 15 is 0 Å². The van der Waals surface area contributed by atoms with Crippen LogP contribution in [0.4, 0.5) is 10.1 Å². The quantitative estimate of drug-likeness (QED) is 0.854. The summed E-state index contributed by atoms with van der Waals surface area (Å²) in [6.07, 6.45) is 0. The average molecular weight is 256 g/mol. The molecule has 2 aromatic rings. The lowest BCUT2D eigenvalue weighted by Gasteiger charge is -2.07. The minimum atomic E-state index is -0.305. The van der Waals surface area contributed by atoms with Crippen LogP contribution in [0.25, 0.3) is 0 Å². The number of thiophene rings is 1. The predicted molar refractivity (Wildman–Crippen MR) is 67.8 cm³/mol. The molecule has 0 saturated carbocycles. The molecular weight excluding hydrogens is 245 g/mol. The van der Waals surface area contributed by atoms with Gasteiger partial charge in [0.2, 0.25) is 0 Å². The molecule has 0 aliphatic heterocycles. The predicted octanol–water partition coefficient (Wildman–Crippen LogP) is 4.46. The van der Waals surface area contributed by atoms with Gasteiger partial charge in [-0.05, 0) is 35.6 Å². The smallest absolute Gasteiger partial charge is 0.124 e. The topological polar surface area (TPSA) is 12.0 Å². The van der Waals surface area contributed by atoms with Crippen molar-refractivity contribution >= 4 is 28.6 Å². The largest absolute Gasteiger partial charge is 0.380 e. The first-order valence-corrected chi connectivity index (χ1v) is 6.19. The average Bonchev–Trinajstić information content (AvgIpc) is 2.63. The van der Waals surface area contributed by atoms with E-state index < -0.39 is 0 Å². The zero-order valence-electron chi connectivity index (χ0n) is 8.76. The zero-order valence-corrected chi connectivity index (χ0v) is 10.3. The monoisotopic (exact) mass is 255 g/mol. The summed E-state index contributed by atoms with van der Waals surface area (Å²) in [5.74, 6) is -0.305. The van der Waals surface area contributed by atoms with Crippen molar-refractivity contribution < 1.29 is 4.39 Å². The van der Waals surface area contributed by atoms with E-state index in [4.69, 9.17) is 11.6 Å². The summed E-state index contributed by atoms with van der Waals surface area (Å²) in [5, 5.41) is 7.86. The minimum Gasteiger partial charge on any atom is -0.380 e. The normalized spacial score (nSPS) is 10.4. The van der Waals surface area contributed by atoms with Crippen molar-refractivity contribution in [3.63, 3.8) is 0 Å². The molecule has 84 valence electrons. The van der Waals surface area contributed by atoms with Gasteiger partial charge in [0.15, 0.2) is 0 Å². The Morgan fingerprint density at radius 2 is 2.19 bits per heavy atom. The number of hydrogen-bond acceptors (Lipinski definition) is 2. The van der Waals surface area contributed by atoms with E-state index in [0.717, 1.165) is 11.3 Å². The summed E-state index contributed by atoms with van der Waals surface area (Å²) in [7, 11) is 0. The molecule has 1 aromatic carbocycles. The van der Waals surface area contributed by atoms with Gasteiger partial charge in [-0.25, -0.2) is 4.39 Å². The summed E-state index contributed by atoms with van der Waals surface area (Å²) in [5.41, 5.74) is 3.21. The fourth-order valence-electron chi connectivity index (χ4n) is 1.40. The Labute approximate surface area is 103 Å². The molecule has 1 N–H and O–H groups in total. The molecule has 1 aromatic heterocycles. The van der Waals surface area contributed by atoms with Crippen LogP contribution in [0.1, 0.15) is 11.1 Å². The number of aryl methyl sites for hydroxylation is 1. The minimum absolute atomic E-state index is 0.305. The molecule has 0 atom stereocenters. The van der Waals surface area contributed by atoms with Crippen molar-refractivity contribution in [2.75, 3.05) is 5.32 Å². The molecule has 0 unspecified atom stereocenters. The van der Waals surface area contributed by atoms with Gasteiger partial charge >= 0.3 is 0 Å². The summed E-state index contributed by atoms with van der Waals surface area (Å²) in [6, 6.07) is 4.45. The maximum atomic E-state index is 12.8. The Kier molecular flexibility index (Phi) is 3.46. The molecule has 16 heavy (non-hydrogen) atoms. The van der Waals surface area contributed by atoms with Crippen LogP contribution in [0.3, 0.4) is 0 Å². The molecule has 0 bridgehead atoms. The van der Waals surface area contributed by atoms with Crippen molar-refractivity contribution in [1.29, 1.82) is 0 Å². The Bertz CT molecular complexity index is 496. The Morgan fingerprint density at radius 3 is 2.81 bits per heavy atom. The van der Waals surface area contributed by atoms with E-state index in [-0.39, 0.29) is 5.82 Å². The molecular formula is C12H11ClFNS. The van der Waals surface area contributed by atoms with Crippen LogP contribution >= 0.6 is 22.9 Å².